The van der Waals surface area contributed by atoms with Gasteiger partial charge in [0.1, 0.15) is 5.69 Å². The summed E-state index contributed by atoms with van der Waals surface area (Å²) in [7, 11) is 0. The van der Waals surface area contributed by atoms with Crippen molar-refractivity contribution < 1.29 is 18.9 Å². The van der Waals surface area contributed by atoms with E-state index in [0.717, 1.165) is 22.7 Å². The van der Waals surface area contributed by atoms with E-state index in [9.17, 15) is 14.4 Å². The van der Waals surface area contributed by atoms with Crippen LogP contribution in [0.25, 0.3) is 21.7 Å². The van der Waals surface area contributed by atoms with Crippen LogP contribution >= 0.6 is 0 Å². The fourth-order valence-corrected chi connectivity index (χ4v) is 3.79. The lowest BCUT2D eigenvalue weighted by Crippen LogP contribution is -2.39. The Hall–Kier alpha value is -3.22. The van der Waals surface area contributed by atoms with Crippen molar-refractivity contribution in [2.24, 2.45) is 5.92 Å². The second-order valence-corrected chi connectivity index (χ2v) is 7.60. The largest absolute Gasteiger partial charge is 0.356 e. The van der Waals surface area contributed by atoms with E-state index < -0.39 is 5.92 Å². The molecule has 2 heterocycles. The van der Waals surface area contributed by atoms with Crippen molar-refractivity contribution in [3.05, 3.63) is 41.6 Å². The van der Waals surface area contributed by atoms with E-state index in [1.807, 2.05) is 18.2 Å². The summed E-state index contributed by atoms with van der Waals surface area (Å²) in [5.41, 5.74) is 1.72. The first-order chi connectivity index (χ1) is 13.6. The molecule has 0 spiro atoms. The zero-order chi connectivity index (χ0) is 19.3. The van der Waals surface area contributed by atoms with Crippen LogP contribution in [-0.4, -0.2) is 29.4 Å². The average Bonchev–Trinajstić information content (AvgIpc) is 3.43. The zero-order valence-corrected chi connectivity index (χ0v) is 15.2. The molecule has 1 saturated carbocycles. The van der Waals surface area contributed by atoms with Crippen molar-refractivity contribution in [1.82, 2.24) is 15.8 Å². The van der Waals surface area contributed by atoms with E-state index in [2.05, 4.69) is 15.8 Å². The van der Waals surface area contributed by atoms with Crippen molar-refractivity contribution in [2.75, 3.05) is 6.54 Å². The molecule has 1 aromatic heterocycles. The normalized spacial score (nSPS) is 19.8. The fraction of sp³-hybridized carbons (Fsp3) is 0.333. The summed E-state index contributed by atoms with van der Waals surface area (Å²) in [5.74, 6) is -0.590. The van der Waals surface area contributed by atoms with Crippen molar-refractivity contribution in [3.8, 4) is 0 Å². The Bertz CT molecular complexity index is 1130. The molecule has 3 amide bonds. The first kappa shape index (κ1) is 16.9. The van der Waals surface area contributed by atoms with Crippen molar-refractivity contribution in [1.29, 1.82) is 0 Å². The van der Waals surface area contributed by atoms with Crippen LogP contribution in [0, 0.1) is 5.92 Å². The minimum absolute atomic E-state index is 0.0791. The molecule has 7 heteroatoms. The van der Waals surface area contributed by atoms with E-state index in [0.29, 0.717) is 29.2 Å². The fourth-order valence-electron chi connectivity index (χ4n) is 3.79. The zero-order valence-electron chi connectivity index (χ0n) is 15.2. The number of rotatable bonds is 4. The topological polar surface area (TPSA) is 101 Å². The minimum atomic E-state index is -0.522. The van der Waals surface area contributed by atoms with Crippen LogP contribution in [0.15, 0.2) is 34.9 Å². The highest BCUT2D eigenvalue weighted by Gasteiger charge is 2.32. The number of carbonyl (C=O) groups is 3. The quantitative estimate of drug-likeness (QED) is 0.681. The predicted octanol–water partition coefficient (Wildman–Crippen LogP) is 2.64. The Morgan fingerprint density at radius 3 is 2.82 bits per heavy atom. The maximum Gasteiger partial charge on any atom is 0.251 e. The van der Waals surface area contributed by atoms with Crippen LogP contribution in [0.5, 0.6) is 0 Å². The van der Waals surface area contributed by atoms with Gasteiger partial charge in [0.05, 0.1) is 11.3 Å². The van der Waals surface area contributed by atoms with Crippen molar-refractivity contribution in [2.45, 2.75) is 31.6 Å². The number of nitrogens with one attached hydrogen (secondary N) is 2. The monoisotopic (exact) mass is 377 g/mol. The Kier molecular flexibility index (Phi) is 3.89. The second-order valence-electron chi connectivity index (χ2n) is 7.60. The molecule has 2 aliphatic rings. The van der Waals surface area contributed by atoms with Crippen LogP contribution < -0.4 is 10.6 Å². The highest BCUT2D eigenvalue weighted by Crippen LogP contribution is 2.35. The van der Waals surface area contributed by atoms with Crippen LogP contribution in [0.1, 0.15) is 47.7 Å². The number of aromatic nitrogens is 1. The first-order valence-electron chi connectivity index (χ1n) is 9.54. The highest BCUT2D eigenvalue weighted by molar-refractivity contribution is 6.11. The Morgan fingerprint density at radius 1 is 1.18 bits per heavy atom. The maximum absolute atomic E-state index is 12.4. The molecule has 2 fully saturated rings. The van der Waals surface area contributed by atoms with E-state index in [-0.39, 0.29) is 24.1 Å². The molecule has 28 heavy (non-hydrogen) atoms. The molecule has 0 bridgehead atoms. The van der Waals surface area contributed by atoms with E-state index in [1.165, 1.54) is 12.8 Å². The van der Waals surface area contributed by atoms with Gasteiger partial charge in [0.25, 0.3) is 5.91 Å². The van der Waals surface area contributed by atoms with Crippen molar-refractivity contribution >= 4 is 39.5 Å². The minimum Gasteiger partial charge on any atom is -0.356 e. The molecule has 0 radical (unpaired) electrons. The molecule has 1 atom stereocenters. The molecule has 7 nitrogen and oxygen atoms in total. The van der Waals surface area contributed by atoms with Gasteiger partial charge in [0.15, 0.2) is 5.58 Å². The maximum atomic E-state index is 12.4. The summed E-state index contributed by atoms with van der Waals surface area (Å²) < 4.78 is 5.44. The standard InChI is InChI=1S/C21H19N3O4/c25-17-8-6-15(21(27)23-17)19-18-14-5-3-13(20(26)22-10-11-1-2-11)9-12(14)4-7-16(18)28-24-19/h3-5,7,9,11,15H,1-2,6,8,10H2,(H,22,26)(H,23,25,27)/t15-/m0/s1. The lowest BCUT2D eigenvalue weighted by atomic mass is 9.91. The number of hydrogen-bond donors (Lipinski definition) is 2. The van der Waals surface area contributed by atoms with Crippen LogP contribution in [0.4, 0.5) is 0 Å². The number of benzene rings is 2. The van der Waals surface area contributed by atoms with Gasteiger partial charge in [-0.05, 0) is 54.2 Å². The molecule has 2 aromatic carbocycles. The van der Waals surface area contributed by atoms with Gasteiger partial charge in [-0.2, -0.15) is 0 Å². The van der Waals surface area contributed by atoms with Gasteiger partial charge >= 0.3 is 0 Å². The van der Waals surface area contributed by atoms with Gasteiger partial charge in [-0.15, -0.1) is 0 Å². The number of carbonyl (C=O) groups excluding carboxylic acids is 3. The second kappa shape index (κ2) is 6.44. The number of piperidine rings is 1. The third-order valence-electron chi connectivity index (χ3n) is 5.56. The SMILES string of the molecule is O=C1CC[C@@H](c2noc3ccc4cc(C(=O)NCC5CC5)ccc4c23)C(=O)N1. The molecular weight excluding hydrogens is 358 g/mol. The molecule has 1 aliphatic heterocycles. The Balaban J connectivity index is 1.53. The summed E-state index contributed by atoms with van der Waals surface area (Å²) in [4.78, 5) is 36.1. The smallest absolute Gasteiger partial charge is 0.251 e. The third-order valence-corrected chi connectivity index (χ3v) is 5.56. The number of imide groups is 1. The molecule has 2 N–H and O–H groups in total. The third kappa shape index (κ3) is 2.93. The Labute approximate surface area is 160 Å². The van der Waals surface area contributed by atoms with Gasteiger partial charge in [-0.1, -0.05) is 17.3 Å². The van der Waals surface area contributed by atoms with Gasteiger partial charge in [-0.25, -0.2) is 0 Å². The molecule has 142 valence electrons. The summed E-state index contributed by atoms with van der Waals surface area (Å²) in [6.07, 6.45) is 3.06. The van der Waals surface area contributed by atoms with Gasteiger partial charge in [0, 0.05) is 18.5 Å². The van der Waals surface area contributed by atoms with E-state index in [1.54, 1.807) is 12.1 Å². The Morgan fingerprint density at radius 2 is 2.04 bits per heavy atom. The highest BCUT2D eigenvalue weighted by atomic mass is 16.5. The van der Waals surface area contributed by atoms with Crippen LogP contribution in [0.2, 0.25) is 0 Å². The predicted molar refractivity (Wildman–Crippen MR) is 102 cm³/mol. The molecule has 0 unspecified atom stereocenters. The molecule has 1 aliphatic carbocycles. The summed E-state index contributed by atoms with van der Waals surface area (Å²) in [6, 6.07) is 9.18. The number of amides is 3. The number of hydrogen-bond acceptors (Lipinski definition) is 5. The van der Waals surface area contributed by atoms with Crippen LogP contribution in [0.3, 0.4) is 0 Å². The van der Waals surface area contributed by atoms with Crippen molar-refractivity contribution in [3.63, 3.8) is 0 Å². The average molecular weight is 377 g/mol. The first-order valence-corrected chi connectivity index (χ1v) is 9.54. The molecular formula is C21H19N3O4. The van der Waals surface area contributed by atoms with Gasteiger partial charge in [0.2, 0.25) is 11.8 Å². The summed E-state index contributed by atoms with van der Waals surface area (Å²) >= 11 is 0. The van der Waals surface area contributed by atoms with E-state index in [4.69, 9.17) is 4.52 Å². The van der Waals surface area contributed by atoms with Gasteiger partial charge < -0.3 is 9.84 Å². The molecule has 5 rings (SSSR count). The summed E-state index contributed by atoms with van der Waals surface area (Å²) in [5, 5.41) is 12.0. The van der Waals surface area contributed by atoms with Gasteiger partial charge in [-0.3, -0.25) is 19.7 Å². The van der Waals surface area contributed by atoms with Crippen LogP contribution in [-0.2, 0) is 9.59 Å². The number of nitrogens with zero attached hydrogens (tertiary/aromatic N) is 1. The molecule has 3 aromatic rings. The lowest BCUT2D eigenvalue weighted by molar-refractivity contribution is -0.134. The molecule has 1 saturated heterocycles. The number of fused-ring (bicyclic) bond motifs is 3. The summed E-state index contributed by atoms with van der Waals surface area (Å²) in [6.45, 7) is 0.723. The lowest BCUT2D eigenvalue weighted by Gasteiger charge is -2.19. The van der Waals surface area contributed by atoms with E-state index >= 15 is 0 Å².